The van der Waals surface area contributed by atoms with Crippen molar-refractivity contribution < 1.29 is 28.9 Å². The van der Waals surface area contributed by atoms with E-state index < -0.39 is 0 Å². The molecule has 0 bridgehead atoms. The van der Waals surface area contributed by atoms with E-state index in [4.69, 9.17) is 14.2 Å². The van der Waals surface area contributed by atoms with E-state index in [2.05, 4.69) is 0 Å². The Hall–Kier alpha value is -3.48. The van der Waals surface area contributed by atoms with Crippen molar-refractivity contribution >= 4 is 23.6 Å². The number of aromatic hydroxyl groups is 1. The second kappa shape index (κ2) is 6.11. The first-order valence-corrected chi connectivity index (χ1v) is 7.91. The van der Waals surface area contributed by atoms with Crippen LogP contribution in [0.2, 0.25) is 0 Å². The van der Waals surface area contributed by atoms with E-state index in [0.29, 0.717) is 34.1 Å². The molecule has 1 saturated heterocycles. The van der Waals surface area contributed by atoms with Gasteiger partial charge in [0.05, 0.1) is 19.2 Å². The molecular formula is C19H15NO6. The van der Waals surface area contributed by atoms with E-state index in [1.165, 1.54) is 13.2 Å². The highest BCUT2D eigenvalue weighted by Gasteiger charge is 2.35. The maximum atomic E-state index is 12.7. The summed E-state index contributed by atoms with van der Waals surface area (Å²) < 4.78 is 15.6. The summed E-state index contributed by atoms with van der Waals surface area (Å²) in [5.74, 6) is 0.685. The molecule has 2 heterocycles. The van der Waals surface area contributed by atoms with Gasteiger partial charge in [-0.25, -0.2) is 4.90 Å². The summed E-state index contributed by atoms with van der Waals surface area (Å²) in [6.07, 6.45) is 1.62. The number of hydrogen-bond acceptors (Lipinski definition) is 6. The number of anilines is 1. The van der Waals surface area contributed by atoms with Crippen LogP contribution >= 0.6 is 0 Å². The van der Waals surface area contributed by atoms with E-state index in [-0.39, 0.29) is 30.8 Å². The molecule has 0 aliphatic carbocycles. The molecule has 0 saturated carbocycles. The lowest BCUT2D eigenvalue weighted by atomic mass is 10.1. The van der Waals surface area contributed by atoms with Crippen LogP contribution in [-0.4, -0.2) is 30.8 Å². The van der Waals surface area contributed by atoms with Gasteiger partial charge in [-0.3, -0.25) is 9.59 Å². The minimum Gasteiger partial charge on any atom is -0.504 e. The molecule has 0 unspecified atom stereocenters. The molecule has 7 heteroatoms. The summed E-state index contributed by atoms with van der Waals surface area (Å²) in [4.78, 5) is 26.2. The number of nitrogens with zero attached hydrogens (tertiary/aromatic N) is 1. The topological polar surface area (TPSA) is 85.3 Å². The second-order valence-electron chi connectivity index (χ2n) is 5.85. The Balaban J connectivity index is 1.65. The van der Waals surface area contributed by atoms with E-state index >= 15 is 0 Å². The van der Waals surface area contributed by atoms with Crippen LogP contribution in [0.25, 0.3) is 6.08 Å². The third-order valence-electron chi connectivity index (χ3n) is 4.23. The van der Waals surface area contributed by atoms with Crippen LogP contribution in [-0.2, 0) is 9.59 Å². The number of phenolic OH excluding ortho intramolecular Hbond substituents is 1. The molecule has 132 valence electrons. The zero-order chi connectivity index (χ0) is 18.3. The number of benzene rings is 2. The number of amides is 2. The van der Waals surface area contributed by atoms with Gasteiger partial charge >= 0.3 is 0 Å². The molecule has 1 fully saturated rings. The minimum atomic E-state index is -0.388. The zero-order valence-electron chi connectivity index (χ0n) is 13.9. The molecule has 26 heavy (non-hydrogen) atoms. The van der Waals surface area contributed by atoms with Gasteiger partial charge < -0.3 is 19.3 Å². The summed E-state index contributed by atoms with van der Waals surface area (Å²) in [5.41, 5.74) is 1.46. The summed E-state index contributed by atoms with van der Waals surface area (Å²) in [7, 11) is 1.44. The molecule has 4 rings (SSSR count). The molecule has 1 N–H and O–H groups in total. The zero-order valence-corrected chi connectivity index (χ0v) is 13.9. The van der Waals surface area contributed by atoms with Crippen molar-refractivity contribution in [3.05, 3.63) is 47.5 Å². The Bertz CT molecular complexity index is 949. The average Bonchev–Trinajstić information content (AvgIpc) is 3.20. The molecule has 2 aromatic rings. The molecule has 2 aliphatic heterocycles. The van der Waals surface area contributed by atoms with Gasteiger partial charge in [0.2, 0.25) is 12.7 Å². The van der Waals surface area contributed by atoms with Gasteiger partial charge in [0, 0.05) is 11.6 Å². The number of carbonyl (C=O) groups excluding carboxylic acids is 2. The fourth-order valence-corrected chi connectivity index (χ4v) is 2.96. The molecule has 7 nitrogen and oxygen atoms in total. The Morgan fingerprint density at radius 1 is 1.12 bits per heavy atom. The summed E-state index contributed by atoms with van der Waals surface area (Å²) in [5, 5.41) is 9.66. The van der Waals surface area contributed by atoms with Gasteiger partial charge in [-0.2, -0.15) is 0 Å². The monoisotopic (exact) mass is 353 g/mol. The van der Waals surface area contributed by atoms with Crippen molar-refractivity contribution in [2.75, 3.05) is 18.8 Å². The van der Waals surface area contributed by atoms with Crippen LogP contribution in [0.4, 0.5) is 5.69 Å². The SMILES string of the molecule is COc1cc(C=C2CC(=O)N(c3ccc4c(c3)OCO4)C2=O)ccc1O. The quantitative estimate of drug-likeness (QED) is 0.674. The van der Waals surface area contributed by atoms with E-state index in [0.717, 1.165) is 4.90 Å². The molecule has 2 aliphatic rings. The minimum absolute atomic E-state index is 0.00350. The number of fused-ring (bicyclic) bond motifs is 1. The van der Waals surface area contributed by atoms with Crippen LogP contribution in [0.1, 0.15) is 12.0 Å². The van der Waals surface area contributed by atoms with Gasteiger partial charge in [-0.1, -0.05) is 6.07 Å². The number of ether oxygens (including phenoxy) is 3. The molecule has 0 atom stereocenters. The van der Waals surface area contributed by atoms with Crippen molar-refractivity contribution in [1.82, 2.24) is 0 Å². The summed E-state index contributed by atoms with van der Waals surface area (Å²) >= 11 is 0. The van der Waals surface area contributed by atoms with Gasteiger partial charge in [0.1, 0.15) is 0 Å². The van der Waals surface area contributed by atoms with Crippen LogP contribution in [0, 0.1) is 0 Å². The maximum absolute atomic E-state index is 12.7. The van der Waals surface area contributed by atoms with E-state index in [1.54, 1.807) is 36.4 Å². The van der Waals surface area contributed by atoms with Gasteiger partial charge in [-0.15, -0.1) is 0 Å². The lowest BCUT2D eigenvalue weighted by molar-refractivity contribution is -0.120. The Kier molecular flexibility index (Phi) is 3.76. The first-order valence-electron chi connectivity index (χ1n) is 7.91. The van der Waals surface area contributed by atoms with E-state index in [9.17, 15) is 14.7 Å². The third-order valence-corrected chi connectivity index (χ3v) is 4.23. The Labute approximate surface area is 149 Å². The Morgan fingerprint density at radius 3 is 2.73 bits per heavy atom. The van der Waals surface area contributed by atoms with Gasteiger partial charge in [-0.05, 0) is 35.9 Å². The first-order chi connectivity index (χ1) is 12.6. The van der Waals surface area contributed by atoms with Crippen molar-refractivity contribution in [1.29, 1.82) is 0 Å². The fraction of sp³-hybridized carbons (Fsp3) is 0.158. The number of hydrogen-bond donors (Lipinski definition) is 1. The van der Waals surface area contributed by atoms with Crippen LogP contribution < -0.4 is 19.1 Å². The largest absolute Gasteiger partial charge is 0.504 e. The molecule has 0 radical (unpaired) electrons. The summed E-state index contributed by atoms with van der Waals surface area (Å²) in [6, 6.07) is 9.66. The Morgan fingerprint density at radius 2 is 1.92 bits per heavy atom. The lowest BCUT2D eigenvalue weighted by Gasteiger charge is -2.13. The molecule has 0 spiro atoms. The maximum Gasteiger partial charge on any atom is 0.261 e. The predicted molar refractivity (Wildman–Crippen MR) is 92.3 cm³/mol. The van der Waals surface area contributed by atoms with Crippen LogP contribution in [0.3, 0.4) is 0 Å². The molecular weight excluding hydrogens is 338 g/mol. The van der Waals surface area contributed by atoms with Crippen molar-refractivity contribution in [3.63, 3.8) is 0 Å². The van der Waals surface area contributed by atoms with Gasteiger partial charge in [0.25, 0.3) is 5.91 Å². The highest BCUT2D eigenvalue weighted by atomic mass is 16.7. The highest BCUT2D eigenvalue weighted by Crippen LogP contribution is 2.37. The fourth-order valence-electron chi connectivity index (χ4n) is 2.96. The number of imide groups is 1. The molecule has 0 aromatic heterocycles. The number of methoxy groups -OCH3 is 1. The van der Waals surface area contributed by atoms with E-state index in [1.807, 2.05) is 0 Å². The smallest absolute Gasteiger partial charge is 0.261 e. The number of carbonyl (C=O) groups is 2. The number of rotatable bonds is 3. The number of phenols is 1. The normalized spacial score (nSPS) is 17.3. The molecule has 2 aromatic carbocycles. The second-order valence-corrected chi connectivity index (χ2v) is 5.85. The third kappa shape index (κ3) is 2.63. The van der Waals surface area contributed by atoms with Crippen LogP contribution in [0.15, 0.2) is 42.0 Å². The van der Waals surface area contributed by atoms with Crippen molar-refractivity contribution in [3.8, 4) is 23.0 Å². The van der Waals surface area contributed by atoms with Crippen molar-refractivity contribution in [2.24, 2.45) is 0 Å². The van der Waals surface area contributed by atoms with Crippen LogP contribution in [0.5, 0.6) is 23.0 Å². The molecule has 2 amide bonds. The van der Waals surface area contributed by atoms with Crippen molar-refractivity contribution in [2.45, 2.75) is 6.42 Å². The average molecular weight is 353 g/mol. The predicted octanol–water partition coefficient (Wildman–Crippen LogP) is 2.48. The summed E-state index contributed by atoms with van der Waals surface area (Å²) in [6.45, 7) is 0.120. The van der Waals surface area contributed by atoms with Gasteiger partial charge in [0.15, 0.2) is 23.0 Å². The first kappa shape index (κ1) is 16.0. The lowest BCUT2D eigenvalue weighted by Crippen LogP contribution is -2.28. The standard InChI is InChI=1S/C19H15NO6/c1-24-16-7-11(2-4-14(16)21)6-12-8-18(22)20(19(12)23)13-3-5-15-17(9-13)26-10-25-15/h2-7,9,21H,8,10H2,1H3. The highest BCUT2D eigenvalue weighted by molar-refractivity contribution is 6.29.